The van der Waals surface area contributed by atoms with Crippen molar-refractivity contribution < 1.29 is 8.42 Å². The van der Waals surface area contributed by atoms with Crippen LogP contribution in [0.15, 0.2) is 89.8 Å². The van der Waals surface area contributed by atoms with E-state index in [0.29, 0.717) is 10.7 Å². The monoisotopic (exact) mass is 357 g/mol. The van der Waals surface area contributed by atoms with E-state index in [2.05, 4.69) is 0 Å². The molecular formula is C19H16ClNO2S. The molecule has 24 heavy (non-hydrogen) atoms. The Balaban J connectivity index is 2.07. The fourth-order valence-corrected chi connectivity index (χ4v) is 4.17. The van der Waals surface area contributed by atoms with E-state index < -0.39 is 10.0 Å². The smallest absolute Gasteiger partial charge is 0.262 e. The molecule has 0 aliphatic rings. The zero-order valence-corrected chi connectivity index (χ0v) is 14.4. The van der Waals surface area contributed by atoms with Gasteiger partial charge in [-0.05, 0) is 35.9 Å². The molecule has 0 radical (unpaired) electrons. The van der Waals surface area contributed by atoms with Crippen molar-refractivity contribution >= 4 is 27.3 Å². The first kappa shape index (κ1) is 16.6. The van der Waals surface area contributed by atoms with Crippen LogP contribution in [0.2, 0.25) is 5.02 Å². The zero-order valence-electron chi connectivity index (χ0n) is 12.8. The fourth-order valence-electron chi connectivity index (χ4n) is 2.41. The molecule has 3 nitrogen and oxygen atoms in total. The second kappa shape index (κ2) is 7.07. The Kier molecular flexibility index (Phi) is 4.88. The van der Waals surface area contributed by atoms with Crippen LogP contribution in [0.3, 0.4) is 0 Å². The van der Waals surface area contributed by atoms with E-state index in [-0.39, 0.29) is 11.4 Å². The minimum Gasteiger partial charge on any atom is -0.262 e. The summed E-state index contributed by atoms with van der Waals surface area (Å²) in [4.78, 5) is 0.176. The van der Waals surface area contributed by atoms with Gasteiger partial charge < -0.3 is 0 Å². The number of hydrogen-bond donors (Lipinski definition) is 0. The van der Waals surface area contributed by atoms with Gasteiger partial charge in [-0.1, -0.05) is 66.2 Å². The SMILES string of the molecule is O=S(=O)(c1cccc(Cl)c1)N(Cc1ccccc1)c1ccccc1. The predicted octanol–water partition coefficient (Wildman–Crippen LogP) is 4.74. The summed E-state index contributed by atoms with van der Waals surface area (Å²) in [7, 11) is -3.73. The molecule has 3 aromatic carbocycles. The highest BCUT2D eigenvalue weighted by molar-refractivity contribution is 7.92. The molecule has 0 spiro atoms. The summed E-state index contributed by atoms with van der Waals surface area (Å²) < 4.78 is 27.7. The van der Waals surface area contributed by atoms with E-state index in [9.17, 15) is 8.42 Å². The van der Waals surface area contributed by atoms with Crippen molar-refractivity contribution in [2.75, 3.05) is 4.31 Å². The molecule has 122 valence electrons. The molecule has 0 aliphatic heterocycles. The first-order chi connectivity index (χ1) is 11.6. The van der Waals surface area contributed by atoms with E-state index in [1.807, 2.05) is 48.5 Å². The maximum absolute atomic E-state index is 13.2. The van der Waals surface area contributed by atoms with Gasteiger partial charge in [0.25, 0.3) is 10.0 Å². The second-order valence-corrected chi connectivity index (χ2v) is 7.59. The molecule has 0 aliphatic carbocycles. The van der Waals surface area contributed by atoms with E-state index in [1.54, 1.807) is 30.3 Å². The van der Waals surface area contributed by atoms with Crippen molar-refractivity contribution in [2.45, 2.75) is 11.4 Å². The summed E-state index contributed by atoms with van der Waals surface area (Å²) in [5, 5.41) is 0.392. The van der Waals surface area contributed by atoms with Crippen molar-refractivity contribution in [2.24, 2.45) is 0 Å². The number of halogens is 1. The number of rotatable bonds is 5. The van der Waals surface area contributed by atoms with Crippen molar-refractivity contribution in [1.29, 1.82) is 0 Å². The van der Waals surface area contributed by atoms with Gasteiger partial charge in [0, 0.05) is 5.02 Å². The Hall–Kier alpha value is -2.30. The highest BCUT2D eigenvalue weighted by atomic mass is 35.5. The third-order valence-corrected chi connectivity index (χ3v) is 5.60. The molecule has 0 heterocycles. The summed E-state index contributed by atoms with van der Waals surface area (Å²) in [6.45, 7) is 0.250. The normalized spacial score (nSPS) is 11.2. The molecule has 0 amide bonds. The van der Waals surface area contributed by atoms with Crippen LogP contribution < -0.4 is 4.31 Å². The highest BCUT2D eigenvalue weighted by Crippen LogP contribution is 2.27. The number of anilines is 1. The lowest BCUT2D eigenvalue weighted by Gasteiger charge is -2.24. The minimum atomic E-state index is -3.73. The first-order valence-corrected chi connectivity index (χ1v) is 9.26. The molecule has 0 unspecified atom stereocenters. The van der Waals surface area contributed by atoms with E-state index in [0.717, 1.165) is 5.56 Å². The van der Waals surface area contributed by atoms with Crippen molar-refractivity contribution in [3.05, 3.63) is 95.5 Å². The minimum absolute atomic E-state index is 0.176. The average Bonchev–Trinajstić information content (AvgIpc) is 2.61. The largest absolute Gasteiger partial charge is 0.264 e. The maximum atomic E-state index is 13.2. The van der Waals surface area contributed by atoms with Crippen molar-refractivity contribution in [3.8, 4) is 0 Å². The van der Waals surface area contributed by atoms with Gasteiger partial charge in [-0.3, -0.25) is 4.31 Å². The van der Waals surface area contributed by atoms with Crippen LogP contribution in [0, 0.1) is 0 Å². The highest BCUT2D eigenvalue weighted by Gasteiger charge is 2.25. The lowest BCUT2D eigenvalue weighted by Crippen LogP contribution is -2.30. The van der Waals surface area contributed by atoms with Gasteiger partial charge in [0.15, 0.2) is 0 Å². The third-order valence-electron chi connectivity index (χ3n) is 3.60. The fraction of sp³-hybridized carbons (Fsp3) is 0.0526. The number of benzene rings is 3. The van der Waals surface area contributed by atoms with Gasteiger partial charge in [0.1, 0.15) is 0 Å². The average molecular weight is 358 g/mol. The lowest BCUT2D eigenvalue weighted by molar-refractivity contribution is 0.590. The van der Waals surface area contributed by atoms with Crippen LogP contribution in [-0.4, -0.2) is 8.42 Å². The zero-order chi connectivity index (χ0) is 17.0. The standard InChI is InChI=1S/C19H16ClNO2S/c20-17-10-7-13-19(14-17)24(22,23)21(18-11-5-2-6-12-18)15-16-8-3-1-4-9-16/h1-14H,15H2. The Morgan fingerprint density at radius 2 is 1.42 bits per heavy atom. The van der Waals surface area contributed by atoms with Crippen LogP contribution in [0.25, 0.3) is 0 Å². The van der Waals surface area contributed by atoms with Gasteiger partial charge in [-0.25, -0.2) is 8.42 Å². The Morgan fingerprint density at radius 3 is 2.04 bits per heavy atom. The Bertz CT molecular complexity index is 912. The Morgan fingerprint density at radius 1 is 0.792 bits per heavy atom. The maximum Gasteiger partial charge on any atom is 0.264 e. The molecule has 0 aromatic heterocycles. The molecule has 0 N–H and O–H groups in total. The van der Waals surface area contributed by atoms with Crippen molar-refractivity contribution in [3.63, 3.8) is 0 Å². The van der Waals surface area contributed by atoms with Crippen LogP contribution in [0.1, 0.15) is 5.56 Å². The second-order valence-electron chi connectivity index (χ2n) is 5.29. The van der Waals surface area contributed by atoms with E-state index in [4.69, 9.17) is 11.6 Å². The van der Waals surface area contributed by atoms with Crippen molar-refractivity contribution in [1.82, 2.24) is 0 Å². The van der Waals surface area contributed by atoms with Gasteiger partial charge in [-0.15, -0.1) is 0 Å². The van der Waals surface area contributed by atoms with Crippen LogP contribution in [-0.2, 0) is 16.6 Å². The predicted molar refractivity (Wildman–Crippen MR) is 97.7 cm³/mol. The van der Waals surface area contributed by atoms with Crippen LogP contribution >= 0.6 is 11.6 Å². The number of nitrogens with zero attached hydrogens (tertiary/aromatic N) is 1. The molecular weight excluding hydrogens is 342 g/mol. The molecule has 0 fully saturated rings. The number of hydrogen-bond acceptors (Lipinski definition) is 2. The molecule has 0 saturated heterocycles. The molecule has 5 heteroatoms. The van der Waals surface area contributed by atoms with Crippen LogP contribution in [0.4, 0.5) is 5.69 Å². The molecule has 0 saturated carbocycles. The van der Waals surface area contributed by atoms with Gasteiger partial charge in [0.05, 0.1) is 17.1 Å². The summed E-state index contributed by atoms with van der Waals surface area (Å²) in [6, 6.07) is 24.9. The molecule has 0 bridgehead atoms. The number of para-hydroxylation sites is 1. The lowest BCUT2D eigenvalue weighted by atomic mass is 10.2. The summed E-state index contributed by atoms with van der Waals surface area (Å²) >= 11 is 5.98. The molecule has 3 rings (SSSR count). The van der Waals surface area contributed by atoms with Gasteiger partial charge in [-0.2, -0.15) is 0 Å². The third kappa shape index (κ3) is 3.61. The Labute approximate surface area is 147 Å². The van der Waals surface area contributed by atoms with E-state index >= 15 is 0 Å². The topological polar surface area (TPSA) is 37.4 Å². The molecule has 0 atom stereocenters. The quantitative estimate of drug-likeness (QED) is 0.661. The van der Waals surface area contributed by atoms with E-state index in [1.165, 1.54) is 10.4 Å². The van der Waals surface area contributed by atoms with Crippen LogP contribution in [0.5, 0.6) is 0 Å². The number of sulfonamides is 1. The summed E-state index contributed by atoms with van der Waals surface area (Å²) in [5.41, 5.74) is 1.52. The van der Waals surface area contributed by atoms with Gasteiger partial charge in [0.2, 0.25) is 0 Å². The summed E-state index contributed by atoms with van der Waals surface area (Å²) in [6.07, 6.45) is 0. The molecule has 3 aromatic rings. The van der Waals surface area contributed by atoms with Gasteiger partial charge >= 0.3 is 0 Å². The first-order valence-electron chi connectivity index (χ1n) is 7.45. The summed E-state index contributed by atoms with van der Waals surface area (Å²) in [5.74, 6) is 0.